The average Bonchev–Trinajstić information content (AvgIpc) is 2.84. The molecule has 192 valence electrons. The van der Waals surface area contributed by atoms with Gasteiger partial charge in [-0.25, -0.2) is 9.59 Å². The molecule has 0 saturated carbocycles. The average molecular weight is 487 g/mol. The Bertz CT molecular complexity index is 932. The van der Waals surface area contributed by atoms with Crippen LogP contribution < -0.4 is 14.8 Å². The molecule has 2 N–H and O–H groups in total. The Morgan fingerprint density at radius 3 is 2.43 bits per heavy atom. The fourth-order valence-electron chi connectivity index (χ4n) is 3.61. The predicted octanol–water partition coefficient (Wildman–Crippen LogP) is 5.14. The molecule has 8 heteroatoms. The van der Waals surface area contributed by atoms with E-state index < -0.39 is 12.1 Å². The van der Waals surface area contributed by atoms with Crippen LogP contribution >= 0.6 is 0 Å². The molecule has 0 radical (unpaired) electrons. The van der Waals surface area contributed by atoms with E-state index in [1.54, 1.807) is 31.1 Å². The number of anilines is 1. The Labute approximate surface area is 208 Å². The maximum Gasteiger partial charge on any atom is 0.333 e. The summed E-state index contributed by atoms with van der Waals surface area (Å²) in [6.45, 7) is 7.60. The van der Waals surface area contributed by atoms with E-state index in [1.807, 2.05) is 37.3 Å². The maximum atomic E-state index is 13.0. The Balaban J connectivity index is 1.96. The molecule has 8 nitrogen and oxygen atoms in total. The number of carboxylic acids is 1. The number of hydrogen-bond donors (Lipinski definition) is 2. The van der Waals surface area contributed by atoms with Crippen molar-refractivity contribution in [3.8, 4) is 11.5 Å². The van der Waals surface area contributed by atoms with Gasteiger partial charge in [0.1, 0.15) is 18.1 Å². The number of aryl methyl sites for hydroxylation is 1. The number of methoxy groups -OCH3 is 1. The minimum atomic E-state index is -0.975. The molecule has 35 heavy (non-hydrogen) atoms. The molecule has 2 aromatic carbocycles. The van der Waals surface area contributed by atoms with Gasteiger partial charge in [-0.15, -0.1) is 0 Å². The van der Waals surface area contributed by atoms with Gasteiger partial charge < -0.3 is 29.5 Å². The molecule has 0 aliphatic heterocycles. The van der Waals surface area contributed by atoms with Crippen LogP contribution in [-0.4, -0.2) is 61.5 Å². The lowest BCUT2D eigenvalue weighted by Gasteiger charge is -2.24. The van der Waals surface area contributed by atoms with Crippen LogP contribution in [0.1, 0.15) is 44.2 Å². The molecular weight excluding hydrogens is 448 g/mol. The van der Waals surface area contributed by atoms with Crippen molar-refractivity contribution in [2.45, 2.75) is 52.6 Å². The lowest BCUT2D eigenvalue weighted by atomic mass is 10.1. The summed E-state index contributed by atoms with van der Waals surface area (Å²) in [6, 6.07) is 12.7. The summed E-state index contributed by atoms with van der Waals surface area (Å²) in [6.07, 6.45) is 2.44. The molecule has 2 amide bonds. The highest BCUT2D eigenvalue weighted by Gasteiger charge is 2.18. The van der Waals surface area contributed by atoms with Gasteiger partial charge in [-0.05, 0) is 55.7 Å². The van der Waals surface area contributed by atoms with Crippen LogP contribution in [0.2, 0.25) is 0 Å². The minimum absolute atomic E-state index is 0.195. The Kier molecular flexibility index (Phi) is 11.9. The lowest BCUT2D eigenvalue weighted by molar-refractivity contribution is -0.149. The van der Waals surface area contributed by atoms with Crippen molar-refractivity contribution >= 4 is 17.7 Å². The second-order valence-corrected chi connectivity index (χ2v) is 8.31. The summed E-state index contributed by atoms with van der Waals surface area (Å²) in [4.78, 5) is 26.1. The van der Waals surface area contributed by atoms with Crippen molar-refractivity contribution in [2.75, 3.05) is 38.7 Å². The van der Waals surface area contributed by atoms with Gasteiger partial charge in [-0.2, -0.15) is 0 Å². The number of unbranched alkanes of at least 4 members (excludes halogenated alkanes) is 2. The number of carboxylic acid groups (broad SMARTS) is 1. The van der Waals surface area contributed by atoms with E-state index in [0.717, 1.165) is 30.4 Å². The fourth-order valence-corrected chi connectivity index (χ4v) is 3.61. The molecule has 1 unspecified atom stereocenters. The largest absolute Gasteiger partial charge is 0.495 e. The van der Waals surface area contributed by atoms with Crippen molar-refractivity contribution in [1.29, 1.82) is 0 Å². The first kappa shape index (κ1) is 28.0. The van der Waals surface area contributed by atoms with E-state index in [-0.39, 0.29) is 12.5 Å². The van der Waals surface area contributed by atoms with Gasteiger partial charge in [0.05, 0.1) is 19.3 Å². The molecule has 0 aromatic heterocycles. The third-order valence-electron chi connectivity index (χ3n) is 5.53. The summed E-state index contributed by atoms with van der Waals surface area (Å²) in [5.41, 5.74) is 2.52. The Hall–Kier alpha value is -3.26. The van der Waals surface area contributed by atoms with E-state index in [4.69, 9.17) is 14.2 Å². The third kappa shape index (κ3) is 9.48. The molecule has 0 aliphatic carbocycles. The van der Waals surface area contributed by atoms with E-state index >= 15 is 0 Å². The van der Waals surface area contributed by atoms with Crippen LogP contribution in [0.3, 0.4) is 0 Å². The van der Waals surface area contributed by atoms with Gasteiger partial charge in [-0.3, -0.25) is 0 Å². The Morgan fingerprint density at radius 1 is 1.06 bits per heavy atom. The fraction of sp³-hybridized carbons (Fsp3) is 0.481. The van der Waals surface area contributed by atoms with E-state index in [0.29, 0.717) is 43.5 Å². The van der Waals surface area contributed by atoms with Crippen LogP contribution in [-0.2, 0) is 16.0 Å². The first-order valence-corrected chi connectivity index (χ1v) is 12.1. The summed E-state index contributed by atoms with van der Waals surface area (Å²) >= 11 is 0. The maximum absolute atomic E-state index is 13.0. The number of benzene rings is 2. The van der Waals surface area contributed by atoms with E-state index in [2.05, 4.69) is 12.2 Å². The van der Waals surface area contributed by atoms with Crippen LogP contribution in [0.4, 0.5) is 10.5 Å². The molecule has 0 fully saturated rings. The molecule has 0 heterocycles. The zero-order chi connectivity index (χ0) is 25.6. The molecule has 0 saturated heterocycles. The SMILES string of the molecule is CCCCCN(CCOc1ccc(CC(OCC)C(=O)O)cc1)C(=O)Nc1cc(C)ccc1OC. The van der Waals surface area contributed by atoms with Crippen LogP contribution in [0, 0.1) is 6.92 Å². The molecule has 2 aromatic rings. The summed E-state index contributed by atoms with van der Waals surface area (Å²) in [5, 5.41) is 12.2. The highest BCUT2D eigenvalue weighted by atomic mass is 16.5. The molecule has 0 spiro atoms. The summed E-state index contributed by atoms with van der Waals surface area (Å²) < 4.78 is 16.5. The molecule has 1 atom stereocenters. The van der Waals surface area contributed by atoms with Gasteiger partial charge in [-0.1, -0.05) is 38.0 Å². The smallest absolute Gasteiger partial charge is 0.333 e. The number of carbonyl (C=O) groups is 2. The first-order valence-electron chi connectivity index (χ1n) is 12.1. The number of nitrogens with zero attached hydrogens (tertiary/aromatic N) is 1. The number of hydrogen-bond acceptors (Lipinski definition) is 5. The number of urea groups is 1. The van der Waals surface area contributed by atoms with Crippen molar-refractivity contribution in [3.63, 3.8) is 0 Å². The van der Waals surface area contributed by atoms with Gasteiger partial charge in [0.25, 0.3) is 0 Å². The van der Waals surface area contributed by atoms with Crippen molar-refractivity contribution in [3.05, 3.63) is 53.6 Å². The zero-order valence-electron chi connectivity index (χ0n) is 21.2. The second kappa shape index (κ2) is 14.9. The second-order valence-electron chi connectivity index (χ2n) is 8.31. The monoisotopic (exact) mass is 486 g/mol. The van der Waals surface area contributed by atoms with Crippen LogP contribution in [0.25, 0.3) is 0 Å². The highest BCUT2D eigenvalue weighted by molar-refractivity contribution is 5.91. The molecule has 0 aliphatic rings. The molecule has 0 bridgehead atoms. The number of amides is 2. The van der Waals surface area contributed by atoms with Gasteiger partial charge >= 0.3 is 12.0 Å². The van der Waals surface area contributed by atoms with Crippen molar-refractivity contribution in [2.24, 2.45) is 0 Å². The quantitative estimate of drug-likeness (QED) is 0.338. The number of ether oxygens (including phenoxy) is 3. The number of rotatable bonds is 15. The lowest BCUT2D eigenvalue weighted by Crippen LogP contribution is -2.38. The van der Waals surface area contributed by atoms with Crippen LogP contribution in [0.15, 0.2) is 42.5 Å². The van der Waals surface area contributed by atoms with Gasteiger partial charge in [0.2, 0.25) is 0 Å². The topological polar surface area (TPSA) is 97.3 Å². The first-order chi connectivity index (χ1) is 16.9. The Morgan fingerprint density at radius 2 is 1.80 bits per heavy atom. The minimum Gasteiger partial charge on any atom is -0.495 e. The van der Waals surface area contributed by atoms with E-state index in [1.165, 1.54) is 0 Å². The van der Waals surface area contributed by atoms with E-state index in [9.17, 15) is 14.7 Å². The summed E-state index contributed by atoms with van der Waals surface area (Å²) in [5.74, 6) is 0.298. The normalized spacial score (nSPS) is 11.5. The highest BCUT2D eigenvalue weighted by Crippen LogP contribution is 2.25. The number of carbonyl (C=O) groups excluding carboxylic acids is 1. The summed E-state index contributed by atoms with van der Waals surface area (Å²) in [7, 11) is 1.58. The molecule has 2 rings (SSSR count). The number of nitrogens with one attached hydrogen (secondary N) is 1. The van der Waals surface area contributed by atoms with Crippen molar-refractivity contribution in [1.82, 2.24) is 4.90 Å². The standard InChI is InChI=1S/C27H38N2O6/c1-5-7-8-15-29(27(32)28-23-18-20(3)9-14-24(23)33-4)16-17-35-22-12-10-21(11-13-22)19-25(26(30)31)34-6-2/h9-14,18,25H,5-8,15-17,19H2,1-4H3,(H,28,32)(H,30,31). The van der Waals surface area contributed by atoms with Gasteiger partial charge in [0, 0.05) is 19.6 Å². The molecular formula is C27H38N2O6. The third-order valence-corrected chi connectivity index (χ3v) is 5.53. The van der Waals surface area contributed by atoms with Gasteiger partial charge in [0.15, 0.2) is 6.10 Å². The van der Waals surface area contributed by atoms with Crippen LogP contribution in [0.5, 0.6) is 11.5 Å². The number of aliphatic carboxylic acids is 1. The predicted molar refractivity (Wildman–Crippen MR) is 137 cm³/mol. The van der Waals surface area contributed by atoms with Crippen molar-refractivity contribution < 1.29 is 28.9 Å². The zero-order valence-corrected chi connectivity index (χ0v) is 21.2.